The number of rotatable bonds is 2. The summed E-state index contributed by atoms with van der Waals surface area (Å²) in [5.41, 5.74) is 6.71. The summed E-state index contributed by atoms with van der Waals surface area (Å²) in [5.74, 6) is 0.140. The van der Waals surface area contributed by atoms with Crippen molar-refractivity contribution >= 4 is 22.4 Å². The van der Waals surface area contributed by atoms with Crippen LogP contribution in [0.2, 0.25) is 0 Å². The van der Waals surface area contributed by atoms with E-state index in [2.05, 4.69) is 10.3 Å². The van der Waals surface area contributed by atoms with Gasteiger partial charge in [-0.3, -0.25) is 4.79 Å². The molecule has 82 valence electrons. The zero-order chi connectivity index (χ0) is 10.8. The zero-order valence-electron chi connectivity index (χ0n) is 8.69. The summed E-state index contributed by atoms with van der Waals surface area (Å²) >= 11 is 1.46. The summed E-state index contributed by atoms with van der Waals surface area (Å²) in [6, 6.07) is 0.193. The van der Waals surface area contributed by atoms with Crippen molar-refractivity contribution in [3.8, 4) is 0 Å². The second-order valence-corrected chi connectivity index (χ2v) is 4.91. The lowest BCUT2D eigenvalue weighted by atomic mass is 10.1. The van der Waals surface area contributed by atoms with Crippen LogP contribution in [0.3, 0.4) is 0 Å². The molecule has 1 aliphatic rings. The molecule has 1 aromatic heterocycles. The van der Waals surface area contributed by atoms with E-state index in [1.54, 1.807) is 0 Å². The van der Waals surface area contributed by atoms with Crippen LogP contribution in [0.5, 0.6) is 0 Å². The van der Waals surface area contributed by atoms with Crippen molar-refractivity contribution in [2.24, 2.45) is 11.7 Å². The molecule has 5 heteroatoms. The Bertz CT molecular complexity index is 363. The fourth-order valence-electron chi connectivity index (χ4n) is 1.87. The Hall–Kier alpha value is -0.940. The van der Waals surface area contributed by atoms with Crippen molar-refractivity contribution in [3.63, 3.8) is 0 Å². The number of nitrogens with zero attached hydrogens (tertiary/aromatic N) is 1. The summed E-state index contributed by atoms with van der Waals surface area (Å²) in [6.07, 6.45) is 2.66. The van der Waals surface area contributed by atoms with Crippen molar-refractivity contribution in [1.29, 1.82) is 0 Å². The van der Waals surface area contributed by atoms with Gasteiger partial charge in [-0.1, -0.05) is 0 Å². The molecule has 4 nitrogen and oxygen atoms in total. The molecular weight excluding hydrogens is 210 g/mol. The van der Waals surface area contributed by atoms with Crippen LogP contribution in [0.15, 0.2) is 5.38 Å². The Kier molecular flexibility index (Phi) is 3.02. The smallest absolute Gasteiger partial charge is 0.229 e. The summed E-state index contributed by atoms with van der Waals surface area (Å²) in [6.45, 7) is 1.91. The van der Waals surface area contributed by atoms with E-state index in [-0.39, 0.29) is 17.9 Å². The van der Waals surface area contributed by atoms with E-state index in [1.807, 2.05) is 12.3 Å². The second kappa shape index (κ2) is 4.28. The molecule has 0 spiro atoms. The van der Waals surface area contributed by atoms with E-state index in [0.29, 0.717) is 5.13 Å². The van der Waals surface area contributed by atoms with E-state index < -0.39 is 0 Å². The number of carbonyl (C=O) groups is 1. The number of anilines is 1. The van der Waals surface area contributed by atoms with Crippen molar-refractivity contribution in [2.75, 3.05) is 5.32 Å². The van der Waals surface area contributed by atoms with E-state index in [0.717, 1.165) is 25.0 Å². The lowest BCUT2D eigenvalue weighted by Crippen LogP contribution is -2.23. The highest BCUT2D eigenvalue weighted by molar-refractivity contribution is 7.13. The topological polar surface area (TPSA) is 68.0 Å². The Morgan fingerprint density at radius 1 is 1.67 bits per heavy atom. The number of thiazole rings is 1. The van der Waals surface area contributed by atoms with Crippen molar-refractivity contribution in [3.05, 3.63) is 11.1 Å². The van der Waals surface area contributed by atoms with Crippen LogP contribution in [0.1, 0.15) is 25.0 Å². The van der Waals surface area contributed by atoms with Crippen LogP contribution in [-0.4, -0.2) is 16.9 Å². The van der Waals surface area contributed by atoms with Gasteiger partial charge >= 0.3 is 0 Å². The van der Waals surface area contributed by atoms with Crippen LogP contribution >= 0.6 is 11.3 Å². The number of aromatic nitrogens is 1. The average molecular weight is 225 g/mol. The van der Waals surface area contributed by atoms with E-state index in [9.17, 15) is 4.79 Å². The highest BCUT2D eigenvalue weighted by Crippen LogP contribution is 2.26. The number of nitrogens with two attached hydrogens (primary N) is 1. The molecule has 0 bridgehead atoms. The van der Waals surface area contributed by atoms with Crippen molar-refractivity contribution < 1.29 is 4.79 Å². The third-order valence-corrected chi connectivity index (χ3v) is 3.57. The van der Waals surface area contributed by atoms with E-state index in [4.69, 9.17) is 5.73 Å². The van der Waals surface area contributed by atoms with E-state index >= 15 is 0 Å². The lowest BCUT2D eigenvalue weighted by Gasteiger charge is -2.07. The monoisotopic (exact) mass is 225 g/mol. The van der Waals surface area contributed by atoms with Crippen molar-refractivity contribution in [2.45, 2.75) is 32.2 Å². The van der Waals surface area contributed by atoms with Gasteiger partial charge in [0.15, 0.2) is 5.13 Å². The van der Waals surface area contributed by atoms with Crippen LogP contribution in [0.4, 0.5) is 5.13 Å². The second-order valence-electron chi connectivity index (χ2n) is 4.05. The molecule has 2 rings (SSSR count). The molecule has 1 amide bonds. The molecular formula is C10H15N3OS. The zero-order valence-corrected chi connectivity index (χ0v) is 9.51. The predicted molar refractivity (Wildman–Crippen MR) is 60.8 cm³/mol. The third-order valence-electron chi connectivity index (χ3n) is 2.69. The molecule has 1 heterocycles. The van der Waals surface area contributed by atoms with Crippen LogP contribution < -0.4 is 11.1 Å². The first-order valence-electron chi connectivity index (χ1n) is 5.13. The minimum atomic E-state index is 0.0669. The lowest BCUT2D eigenvalue weighted by molar-refractivity contribution is -0.119. The number of nitrogens with one attached hydrogen (secondary N) is 1. The highest BCUT2D eigenvalue weighted by atomic mass is 32.1. The molecule has 1 fully saturated rings. The van der Waals surface area contributed by atoms with E-state index in [1.165, 1.54) is 11.3 Å². The average Bonchev–Trinajstić information content (AvgIpc) is 2.75. The first-order chi connectivity index (χ1) is 7.15. The molecule has 1 aromatic rings. The minimum Gasteiger partial charge on any atom is -0.328 e. The normalized spacial score (nSPS) is 25.5. The van der Waals surface area contributed by atoms with Gasteiger partial charge in [0.1, 0.15) is 0 Å². The largest absolute Gasteiger partial charge is 0.328 e. The Morgan fingerprint density at radius 2 is 2.47 bits per heavy atom. The molecule has 0 aliphatic heterocycles. The molecule has 3 N–H and O–H groups in total. The number of aryl methyl sites for hydroxylation is 1. The summed E-state index contributed by atoms with van der Waals surface area (Å²) in [5, 5.41) is 5.46. The minimum absolute atomic E-state index is 0.0669. The number of carbonyl (C=O) groups excluding carboxylic acids is 1. The molecule has 0 saturated heterocycles. The highest BCUT2D eigenvalue weighted by Gasteiger charge is 2.28. The maximum Gasteiger partial charge on any atom is 0.229 e. The first kappa shape index (κ1) is 10.6. The molecule has 0 radical (unpaired) electrons. The molecule has 15 heavy (non-hydrogen) atoms. The fraction of sp³-hybridized carbons (Fsp3) is 0.600. The van der Waals surface area contributed by atoms with Gasteiger partial charge < -0.3 is 11.1 Å². The number of amides is 1. The predicted octanol–water partition coefficient (Wildman–Crippen LogP) is 1.52. The van der Waals surface area contributed by atoms with Gasteiger partial charge in [-0.25, -0.2) is 4.98 Å². The molecule has 2 atom stereocenters. The van der Waals surface area contributed by atoms with Gasteiger partial charge in [0, 0.05) is 17.3 Å². The Morgan fingerprint density at radius 3 is 3.00 bits per heavy atom. The Labute approximate surface area is 92.9 Å². The summed E-state index contributed by atoms with van der Waals surface area (Å²) in [4.78, 5) is 16.0. The third kappa shape index (κ3) is 2.54. The maximum atomic E-state index is 11.8. The van der Waals surface area contributed by atoms with Gasteiger partial charge in [-0.15, -0.1) is 11.3 Å². The molecule has 2 unspecified atom stereocenters. The van der Waals surface area contributed by atoms with Gasteiger partial charge in [0.25, 0.3) is 0 Å². The van der Waals surface area contributed by atoms with Gasteiger partial charge in [0.05, 0.1) is 5.69 Å². The number of hydrogen-bond donors (Lipinski definition) is 2. The number of hydrogen-bond acceptors (Lipinski definition) is 4. The quantitative estimate of drug-likeness (QED) is 0.801. The SMILES string of the molecule is Cc1csc(NC(=O)C2CCC(N)C2)n1. The van der Waals surface area contributed by atoms with Crippen LogP contribution in [0, 0.1) is 12.8 Å². The molecule has 1 saturated carbocycles. The van der Waals surface area contributed by atoms with Crippen LogP contribution in [-0.2, 0) is 4.79 Å². The summed E-state index contributed by atoms with van der Waals surface area (Å²) in [7, 11) is 0. The fourth-order valence-corrected chi connectivity index (χ4v) is 2.56. The summed E-state index contributed by atoms with van der Waals surface area (Å²) < 4.78 is 0. The maximum absolute atomic E-state index is 11.8. The van der Waals surface area contributed by atoms with Crippen LogP contribution in [0.25, 0.3) is 0 Å². The first-order valence-corrected chi connectivity index (χ1v) is 6.01. The Balaban J connectivity index is 1.92. The molecule has 0 aromatic carbocycles. The van der Waals surface area contributed by atoms with Gasteiger partial charge in [0.2, 0.25) is 5.91 Å². The van der Waals surface area contributed by atoms with Gasteiger partial charge in [-0.2, -0.15) is 0 Å². The molecule has 1 aliphatic carbocycles. The van der Waals surface area contributed by atoms with Gasteiger partial charge in [-0.05, 0) is 26.2 Å². The van der Waals surface area contributed by atoms with Crippen molar-refractivity contribution in [1.82, 2.24) is 4.98 Å². The standard InChI is InChI=1S/C10H15N3OS/c1-6-5-15-10(12-6)13-9(14)7-2-3-8(11)4-7/h5,7-8H,2-4,11H2,1H3,(H,12,13,14).